The summed E-state index contributed by atoms with van der Waals surface area (Å²) in [6, 6.07) is 0. The zero-order chi connectivity index (χ0) is 15.7. The molecule has 0 aromatic heterocycles. The number of methoxy groups -OCH3 is 3. The van der Waals surface area contributed by atoms with Gasteiger partial charge in [-0.1, -0.05) is 13.8 Å². The summed E-state index contributed by atoms with van der Waals surface area (Å²) >= 11 is 0. The van der Waals surface area contributed by atoms with E-state index in [0.717, 1.165) is 0 Å². The minimum absolute atomic E-state index is 0.00690. The van der Waals surface area contributed by atoms with E-state index in [9.17, 15) is 9.59 Å². The summed E-state index contributed by atoms with van der Waals surface area (Å²) in [4.78, 5) is 21.3. The standard InChI is InChI=1S/C8H16O4.C6H10O2/c1-6(5-7(9)10-2)8(11-3)12-4;1-4-3-6(7)8-5(4)2/h6,8H,5H2,1-4H3;4-5H,3H2,1-2H3. The average molecular weight is 290 g/mol. The van der Waals surface area contributed by atoms with Gasteiger partial charge in [0.1, 0.15) is 6.10 Å². The van der Waals surface area contributed by atoms with Gasteiger partial charge in [0, 0.05) is 26.1 Å². The predicted molar refractivity (Wildman–Crippen MR) is 72.9 cm³/mol. The second-order valence-corrected chi connectivity index (χ2v) is 4.97. The molecule has 0 aliphatic carbocycles. The highest BCUT2D eigenvalue weighted by Crippen LogP contribution is 2.19. The van der Waals surface area contributed by atoms with E-state index < -0.39 is 0 Å². The van der Waals surface area contributed by atoms with E-state index in [-0.39, 0.29) is 30.3 Å². The lowest BCUT2D eigenvalue weighted by atomic mass is 10.1. The van der Waals surface area contributed by atoms with Gasteiger partial charge in [-0.3, -0.25) is 9.59 Å². The minimum atomic E-state index is -0.343. The van der Waals surface area contributed by atoms with E-state index in [4.69, 9.17) is 14.2 Å². The highest BCUT2D eigenvalue weighted by Gasteiger charge is 2.26. The van der Waals surface area contributed by atoms with Gasteiger partial charge in [-0.2, -0.15) is 0 Å². The highest BCUT2D eigenvalue weighted by atomic mass is 16.7. The molecule has 1 saturated heterocycles. The van der Waals surface area contributed by atoms with Crippen LogP contribution in [0.15, 0.2) is 0 Å². The van der Waals surface area contributed by atoms with Gasteiger partial charge in [0.25, 0.3) is 0 Å². The normalized spacial score (nSPS) is 22.9. The number of carbonyl (C=O) groups is 2. The molecule has 20 heavy (non-hydrogen) atoms. The molecule has 118 valence electrons. The maximum Gasteiger partial charge on any atom is 0.306 e. The molecule has 0 spiro atoms. The number of hydrogen-bond acceptors (Lipinski definition) is 6. The second-order valence-electron chi connectivity index (χ2n) is 4.97. The lowest BCUT2D eigenvalue weighted by Crippen LogP contribution is -2.25. The fourth-order valence-electron chi connectivity index (χ4n) is 1.80. The van der Waals surface area contributed by atoms with Crippen LogP contribution >= 0.6 is 0 Å². The first-order valence-corrected chi connectivity index (χ1v) is 6.67. The first-order valence-electron chi connectivity index (χ1n) is 6.67. The quantitative estimate of drug-likeness (QED) is 0.567. The molecule has 6 nitrogen and oxygen atoms in total. The van der Waals surface area contributed by atoms with E-state index in [1.807, 2.05) is 20.8 Å². The minimum Gasteiger partial charge on any atom is -0.469 e. The van der Waals surface area contributed by atoms with Crippen molar-refractivity contribution in [2.75, 3.05) is 21.3 Å². The Kier molecular flexibility index (Phi) is 9.16. The Bertz CT molecular complexity index is 288. The average Bonchev–Trinajstić information content (AvgIpc) is 2.68. The van der Waals surface area contributed by atoms with Gasteiger partial charge in [-0.05, 0) is 6.92 Å². The van der Waals surface area contributed by atoms with Gasteiger partial charge < -0.3 is 18.9 Å². The Hall–Kier alpha value is -1.14. The molecule has 1 aliphatic heterocycles. The molecule has 3 atom stereocenters. The zero-order valence-corrected chi connectivity index (χ0v) is 13.2. The number of hydrogen-bond donors (Lipinski definition) is 0. The summed E-state index contributed by atoms with van der Waals surface area (Å²) in [6.07, 6.45) is 0.705. The molecule has 0 aromatic rings. The number of cyclic esters (lactones) is 1. The molecule has 0 bridgehead atoms. The molecule has 1 fully saturated rings. The van der Waals surface area contributed by atoms with E-state index in [2.05, 4.69) is 4.74 Å². The van der Waals surface area contributed by atoms with E-state index in [1.165, 1.54) is 7.11 Å². The van der Waals surface area contributed by atoms with Crippen LogP contribution in [0.2, 0.25) is 0 Å². The fourth-order valence-corrected chi connectivity index (χ4v) is 1.80. The van der Waals surface area contributed by atoms with Crippen LogP contribution in [0.5, 0.6) is 0 Å². The van der Waals surface area contributed by atoms with Crippen molar-refractivity contribution in [2.24, 2.45) is 11.8 Å². The first kappa shape index (κ1) is 18.9. The van der Waals surface area contributed by atoms with Gasteiger partial charge >= 0.3 is 11.9 Å². The van der Waals surface area contributed by atoms with Gasteiger partial charge in [-0.15, -0.1) is 0 Å². The summed E-state index contributed by atoms with van der Waals surface area (Å²) in [7, 11) is 4.45. The Morgan fingerprint density at radius 2 is 1.85 bits per heavy atom. The van der Waals surface area contributed by atoms with E-state index in [0.29, 0.717) is 18.8 Å². The Morgan fingerprint density at radius 1 is 1.30 bits per heavy atom. The molecular formula is C14H26O6. The lowest BCUT2D eigenvalue weighted by Gasteiger charge is -2.19. The second kappa shape index (κ2) is 9.72. The number of esters is 2. The van der Waals surface area contributed by atoms with Crippen molar-refractivity contribution in [3.8, 4) is 0 Å². The molecule has 0 saturated carbocycles. The summed E-state index contributed by atoms with van der Waals surface area (Å²) < 4.78 is 19.3. The van der Waals surface area contributed by atoms with E-state index >= 15 is 0 Å². The van der Waals surface area contributed by atoms with Gasteiger partial charge in [-0.25, -0.2) is 0 Å². The summed E-state index contributed by atoms with van der Waals surface area (Å²) in [5, 5.41) is 0. The summed E-state index contributed by atoms with van der Waals surface area (Å²) in [5.41, 5.74) is 0. The fraction of sp³-hybridized carbons (Fsp3) is 0.857. The third-order valence-electron chi connectivity index (χ3n) is 3.25. The van der Waals surface area contributed by atoms with Crippen LogP contribution in [0.25, 0.3) is 0 Å². The SMILES string of the molecule is CC1CC(=O)OC1C.COC(=O)CC(C)C(OC)OC. The molecule has 0 N–H and O–H groups in total. The van der Waals surface area contributed by atoms with Crippen LogP contribution in [-0.4, -0.2) is 45.7 Å². The Morgan fingerprint density at radius 3 is 2.10 bits per heavy atom. The molecule has 0 radical (unpaired) electrons. The predicted octanol–water partition coefficient (Wildman–Crippen LogP) is 1.76. The maximum absolute atomic E-state index is 10.8. The Balaban J connectivity index is 0.000000388. The van der Waals surface area contributed by atoms with Crippen molar-refractivity contribution in [3.63, 3.8) is 0 Å². The van der Waals surface area contributed by atoms with Crippen LogP contribution in [-0.2, 0) is 28.5 Å². The molecule has 0 amide bonds. The van der Waals surface area contributed by atoms with Gasteiger partial charge in [0.05, 0.1) is 20.0 Å². The van der Waals surface area contributed by atoms with Crippen LogP contribution in [0, 0.1) is 11.8 Å². The number of ether oxygens (including phenoxy) is 4. The molecule has 1 rings (SSSR count). The summed E-state index contributed by atoms with van der Waals surface area (Å²) in [5.74, 6) is 0.126. The van der Waals surface area contributed by atoms with Crippen molar-refractivity contribution >= 4 is 11.9 Å². The van der Waals surface area contributed by atoms with Crippen LogP contribution in [0.3, 0.4) is 0 Å². The first-order chi connectivity index (χ1) is 9.35. The molecule has 0 aromatic carbocycles. The third kappa shape index (κ3) is 6.86. The number of rotatable bonds is 5. The molecule has 1 aliphatic rings. The zero-order valence-electron chi connectivity index (χ0n) is 13.2. The van der Waals surface area contributed by atoms with Crippen molar-refractivity contribution in [3.05, 3.63) is 0 Å². The number of carbonyl (C=O) groups excluding carboxylic acids is 2. The van der Waals surface area contributed by atoms with Crippen molar-refractivity contribution in [2.45, 2.75) is 46.0 Å². The largest absolute Gasteiger partial charge is 0.469 e. The lowest BCUT2D eigenvalue weighted by molar-refractivity contribution is -0.155. The van der Waals surface area contributed by atoms with Crippen molar-refractivity contribution < 1.29 is 28.5 Å². The molecular weight excluding hydrogens is 264 g/mol. The van der Waals surface area contributed by atoms with Crippen molar-refractivity contribution in [1.82, 2.24) is 0 Å². The van der Waals surface area contributed by atoms with Crippen molar-refractivity contribution in [1.29, 1.82) is 0 Å². The van der Waals surface area contributed by atoms with Crippen LogP contribution in [0.1, 0.15) is 33.6 Å². The van der Waals surface area contributed by atoms with E-state index in [1.54, 1.807) is 14.2 Å². The van der Waals surface area contributed by atoms with Gasteiger partial charge in [0.2, 0.25) is 0 Å². The topological polar surface area (TPSA) is 71.1 Å². The van der Waals surface area contributed by atoms with Crippen LogP contribution < -0.4 is 0 Å². The summed E-state index contributed by atoms with van der Waals surface area (Å²) in [6.45, 7) is 5.82. The Labute approximate surface area is 120 Å². The molecule has 1 heterocycles. The molecule has 6 heteroatoms. The third-order valence-corrected chi connectivity index (χ3v) is 3.25. The van der Waals surface area contributed by atoms with Crippen LogP contribution in [0.4, 0.5) is 0 Å². The maximum atomic E-state index is 10.8. The monoisotopic (exact) mass is 290 g/mol. The van der Waals surface area contributed by atoms with Gasteiger partial charge in [0.15, 0.2) is 6.29 Å². The molecule has 3 unspecified atom stereocenters. The highest BCUT2D eigenvalue weighted by molar-refractivity contribution is 5.71. The smallest absolute Gasteiger partial charge is 0.306 e.